The molecule has 1 N–H and O–H groups in total. The molecule has 0 radical (unpaired) electrons. The fourth-order valence-electron chi connectivity index (χ4n) is 4.76. The molecule has 0 aliphatic carbocycles. The van der Waals surface area contributed by atoms with Crippen molar-refractivity contribution in [1.82, 2.24) is 19.4 Å². The third kappa shape index (κ3) is 5.71. The Kier molecular flexibility index (Phi) is 7.90. The predicted octanol–water partition coefficient (Wildman–Crippen LogP) is 5.32. The summed E-state index contributed by atoms with van der Waals surface area (Å²) in [5.41, 5.74) is 3.61. The van der Waals surface area contributed by atoms with E-state index in [0.29, 0.717) is 39.4 Å². The fourth-order valence-corrected chi connectivity index (χ4v) is 4.93. The molecule has 0 unspecified atom stereocenters. The minimum Gasteiger partial charge on any atom is -0.376 e. The maximum Gasteiger partial charge on any atom is 0.251 e. The molecule has 8 heteroatoms. The first kappa shape index (κ1) is 27.7. The Morgan fingerprint density at radius 3 is 2.27 bits per heavy atom. The summed E-state index contributed by atoms with van der Waals surface area (Å²) >= 11 is 6.37. The van der Waals surface area contributed by atoms with E-state index >= 15 is 0 Å². The van der Waals surface area contributed by atoms with E-state index in [4.69, 9.17) is 11.6 Å². The molecule has 0 aliphatic heterocycles. The zero-order chi connectivity index (χ0) is 29.1. The van der Waals surface area contributed by atoms with Crippen LogP contribution in [0.2, 0.25) is 5.02 Å². The van der Waals surface area contributed by atoms with Gasteiger partial charge in [-0.25, -0.2) is 0 Å². The van der Waals surface area contributed by atoms with Crippen LogP contribution in [0.3, 0.4) is 0 Å². The van der Waals surface area contributed by atoms with E-state index in [-0.39, 0.29) is 23.1 Å². The number of hydrogen-bond donors (Lipinski definition) is 1. The van der Waals surface area contributed by atoms with Crippen LogP contribution in [-0.2, 0) is 13.1 Å². The van der Waals surface area contributed by atoms with Crippen molar-refractivity contribution < 1.29 is 4.79 Å². The first-order valence-corrected chi connectivity index (χ1v) is 13.4. The van der Waals surface area contributed by atoms with Crippen molar-refractivity contribution in [3.63, 3.8) is 0 Å². The molecule has 3 aromatic carbocycles. The number of hydrogen-bond acceptors (Lipinski definition) is 4. The molecule has 206 valence electrons. The zero-order valence-corrected chi connectivity index (χ0v) is 23.6. The molecule has 2 aromatic heterocycles. The van der Waals surface area contributed by atoms with Crippen molar-refractivity contribution >= 4 is 34.1 Å². The van der Waals surface area contributed by atoms with Crippen molar-refractivity contribution in [3.8, 4) is 5.69 Å². The molecule has 0 aliphatic rings. The monoisotopic (exact) mass is 564 g/mol. The molecule has 41 heavy (non-hydrogen) atoms. The van der Waals surface area contributed by atoms with Crippen LogP contribution in [0.15, 0.2) is 113 Å². The third-order valence-electron chi connectivity index (χ3n) is 6.94. The number of nitrogens with one attached hydrogen (secondary N) is 1. The number of fused-ring (bicyclic) bond motifs is 1. The van der Waals surface area contributed by atoms with Gasteiger partial charge in [-0.1, -0.05) is 66.7 Å². The van der Waals surface area contributed by atoms with Crippen LogP contribution < -0.4 is 16.3 Å². The van der Waals surface area contributed by atoms with Gasteiger partial charge in [0.1, 0.15) is 0 Å². The summed E-state index contributed by atoms with van der Waals surface area (Å²) in [4.78, 5) is 41.7. The lowest BCUT2D eigenvalue weighted by molar-refractivity contribution is 0.0950. The molecule has 0 fully saturated rings. The number of para-hydroxylation sites is 1. The largest absolute Gasteiger partial charge is 0.376 e. The molecule has 5 aromatic rings. The molecular formula is C33H29ClN4O3. The van der Waals surface area contributed by atoms with Crippen molar-refractivity contribution in [2.45, 2.75) is 13.1 Å². The van der Waals surface area contributed by atoms with E-state index in [9.17, 15) is 14.4 Å². The minimum absolute atomic E-state index is 0.0711. The second-order valence-corrected chi connectivity index (χ2v) is 10.3. The highest BCUT2D eigenvalue weighted by Crippen LogP contribution is 2.29. The molecule has 0 saturated carbocycles. The lowest BCUT2D eigenvalue weighted by Crippen LogP contribution is -2.31. The van der Waals surface area contributed by atoms with Gasteiger partial charge in [-0.15, -0.1) is 0 Å². The van der Waals surface area contributed by atoms with Crippen LogP contribution in [0, 0.1) is 0 Å². The van der Waals surface area contributed by atoms with Crippen LogP contribution in [-0.4, -0.2) is 34.0 Å². The maximum atomic E-state index is 13.9. The number of aromatic nitrogens is 2. The molecule has 5 rings (SSSR count). The Morgan fingerprint density at radius 2 is 1.61 bits per heavy atom. The number of carbonyl (C=O) groups excluding carboxylic acids is 1. The summed E-state index contributed by atoms with van der Waals surface area (Å²) in [7, 11) is 3.69. The lowest BCUT2D eigenvalue weighted by Gasteiger charge is -2.26. The zero-order valence-electron chi connectivity index (χ0n) is 22.8. The average molecular weight is 565 g/mol. The number of nitrogens with zero attached hydrogens (tertiary/aromatic N) is 3. The van der Waals surface area contributed by atoms with Gasteiger partial charge >= 0.3 is 0 Å². The molecule has 2 heterocycles. The van der Waals surface area contributed by atoms with Crippen molar-refractivity contribution in [2.24, 2.45) is 0 Å². The molecular weight excluding hydrogens is 536 g/mol. The van der Waals surface area contributed by atoms with E-state index in [1.807, 2.05) is 84.2 Å². The van der Waals surface area contributed by atoms with Crippen LogP contribution in [0.4, 0.5) is 0 Å². The van der Waals surface area contributed by atoms with Gasteiger partial charge in [-0.2, -0.15) is 0 Å². The quantitative estimate of drug-likeness (QED) is 0.277. The third-order valence-corrected chi connectivity index (χ3v) is 7.17. The summed E-state index contributed by atoms with van der Waals surface area (Å²) in [6.07, 6.45) is 1.60. The van der Waals surface area contributed by atoms with Gasteiger partial charge in [0.05, 0.1) is 23.5 Å². The summed E-state index contributed by atoms with van der Waals surface area (Å²) in [6, 6.07) is 27.2. The van der Waals surface area contributed by atoms with Crippen LogP contribution >= 0.6 is 11.6 Å². The second-order valence-electron chi connectivity index (χ2n) is 9.88. The number of halogens is 1. The topological polar surface area (TPSA) is 76.3 Å². The van der Waals surface area contributed by atoms with E-state index in [1.54, 1.807) is 30.5 Å². The van der Waals surface area contributed by atoms with E-state index in [0.717, 1.165) is 11.3 Å². The van der Waals surface area contributed by atoms with Crippen molar-refractivity contribution in [2.75, 3.05) is 14.1 Å². The van der Waals surface area contributed by atoms with Crippen LogP contribution in [0.1, 0.15) is 27.2 Å². The number of rotatable bonds is 8. The number of carbonyl (C=O) groups is 1. The normalized spacial score (nSPS) is 10.9. The van der Waals surface area contributed by atoms with Crippen LogP contribution in [0.25, 0.3) is 22.3 Å². The minimum atomic E-state index is -0.461. The molecule has 0 spiro atoms. The summed E-state index contributed by atoms with van der Waals surface area (Å²) < 4.78 is 3.48. The van der Waals surface area contributed by atoms with Crippen molar-refractivity contribution in [1.29, 1.82) is 0 Å². The van der Waals surface area contributed by atoms with Gasteiger partial charge in [0.15, 0.2) is 5.43 Å². The molecule has 0 saturated heterocycles. The van der Waals surface area contributed by atoms with Crippen molar-refractivity contribution in [3.05, 3.63) is 152 Å². The Morgan fingerprint density at radius 1 is 0.927 bits per heavy atom. The van der Waals surface area contributed by atoms with Gasteiger partial charge in [-0.05, 0) is 42.0 Å². The van der Waals surface area contributed by atoms with E-state index in [1.165, 1.54) is 10.6 Å². The van der Waals surface area contributed by atoms with E-state index < -0.39 is 5.91 Å². The average Bonchev–Trinajstić information content (AvgIpc) is 2.97. The van der Waals surface area contributed by atoms with E-state index in [2.05, 4.69) is 11.9 Å². The number of pyridine rings is 2. The second kappa shape index (κ2) is 11.7. The Labute approximate surface area is 242 Å². The SMILES string of the molecule is C=C(c1c(CNC(=O)c2ccn(Cc3ccccc3)c(=O)c2)c(=O)c2ccc(Cl)cc2n1-c1ccccc1)N(C)C. The summed E-state index contributed by atoms with van der Waals surface area (Å²) in [5, 5.41) is 3.81. The van der Waals surface area contributed by atoms with Crippen LogP contribution in [0.5, 0.6) is 0 Å². The van der Waals surface area contributed by atoms with Gasteiger partial charge in [-0.3, -0.25) is 14.4 Å². The first-order chi connectivity index (χ1) is 19.7. The predicted molar refractivity (Wildman–Crippen MR) is 165 cm³/mol. The highest BCUT2D eigenvalue weighted by Gasteiger charge is 2.22. The number of amides is 1. The molecule has 1 amide bonds. The van der Waals surface area contributed by atoms with Gasteiger partial charge < -0.3 is 19.4 Å². The number of benzene rings is 3. The van der Waals surface area contributed by atoms with Gasteiger partial charge in [0.2, 0.25) is 0 Å². The standard InChI is InChI=1S/C33H29ClN4O3/c1-22(36(2)3)31-28(32(40)27-15-14-25(34)19-29(27)38(31)26-12-8-5-9-13-26)20-35-33(41)24-16-17-37(30(39)18-24)21-23-10-6-4-7-11-23/h4-19H,1,20-21H2,2-3H3,(H,35,41). The maximum absolute atomic E-state index is 13.9. The lowest BCUT2D eigenvalue weighted by atomic mass is 10.0. The Balaban J connectivity index is 1.55. The highest BCUT2D eigenvalue weighted by molar-refractivity contribution is 6.31. The molecule has 7 nitrogen and oxygen atoms in total. The first-order valence-electron chi connectivity index (χ1n) is 13.1. The van der Waals surface area contributed by atoms with Gasteiger partial charge in [0, 0.05) is 60.1 Å². The summed E-state index contributed by atoms with van der Waals surface area (Å²) in [5.74, 6) is -0.461. The summed E-state index contributed by atoms with van der Waals surface area (Å²) in [6.45, 7) is 4.59. The highest BCUT2D eigenvalue weighted by atomic mass is 35.5. The molecule has 0 atom stereocenters. The van der Waals surface area contributed by atoms with Gasteiger partial charge in [0.25, 0.3) is 11.5 Å². The fraction of sp³-hybridized carbons (Fsp3) is 0.121. The Hall–Kier alpha value is -4.88. The Bertz CT molecular complexity index is 1880. The molecule has 0 bridgehead atoms. The smallest absolute Gasteiger partial charge is 0.251 e.